The number of benzene rings is 1. The predicted molar refractivity (Wildman–Crippen MR) is 51.7 cm³/mol. The lowest BCUT2D eigenvalue weighted by Crippen LogP contribution is -1.99. The van der Waals surface area contributed by atoms with Gasteiger partial charge in [-0.25, -0.2) is 4.68 Å². The fourth-order valence-electron chi connectivity index (χ4n) is 1.18. The summed E-state index contributed by atoms with van der Waals surface area (Å²) in [6.45, 7) is -0.118. The van der Waals surface area contributed by atoms with Crippen LogP contribution in [-0.2, 0) is 6.61 Å². The lowest BCUT2D eigenvalue weighted by Gasteiger charge is -2.02. The molecule has 0 saturated heterocycles. The largest absolute Gasteiger partial charge is 0.397 e. The molecule has 1 aromatic carbocycles. The second-order valence-corrected chi connectivity index (χ2v) is 2.87. The van der Waals surface area contributed by atoms with Gasteiger partial charge < -0.3 is 10.8 Å². The average Bonchev–Trinajstić information content (AvgIpc) is 2.67. The molecule has 0 unspecified atom stereocenters. The van der Waals surface area contributed by atoms with E-state index in [1.54, 1.807) is 16.9 Å². The van der Waals surface area contributed by atoms with E-state index in [4.69, 9.17) is 10.8 Å². The Labute approximate surface area is 80.8 Å². The summed E-state index contributed by atoms with van der Waals surface area (Å²) in [5.74, 6) is 0. The highest BCUT2D eigenvalue weighted by molar-refractivity contribution is 5.56. The van der Waals surface area contributed by atoms with Gasteiger partial charge in [0.1, 0.15) is 5.69 Å². The first-order valence-corrected chi connectivity index (χ1v) is 4.18. The number of nitrogens with zero attached hydrogens (tertiary/aromatic N) is 3. The topological polar surface area (TPSA) is 77.0 Å². The van der Waals surface area contributed by atoms with Crippen molar-refractivity contribution in [3.63, 3.8) is 0 Å². The smallest absolute Gasteiger partial charge is 0.109 e. The Bertz CT molecular complexity index is 438. The number of nitrogens with two attached hydrogens (primary N) is 1. The predicted octanol–water partition coefficient (Wildman–Crippen LogP) is 0.342. The molecule has 0 saturated carbocycles. The van der Waals surface area contributed by atoms with Gasteiger partial charge in [-0.3, -0.25) is 0 Å². The molecular formula is C9H10N4O. The van der Waals surface area contributed by atoms with Crippen molar-refractivity contribution in [1.29, 1.82) is 0 Å². The van der Waals surface area contributed by atoms with Crippen LogP contribution in [-0.4, -0.2) is 20.1 Å². The zero-order valence-electron chi connectivity index (χ0n) is 7.46. The Hall–Kier alpha value is -1.88. The molecule has 2 rings (SSSR count). The number of anilines is 1. The molecule has 5 nitrogen and oxygen atoms in total. The highest BCUT2D eigenvalue weighted by Crippen LogP contribution is 2.14. The minimum absolute atomic E-state index is 0.118. The Morgan fingerprint density at radius 2 is 2.14 bits per heavy atom. The van der Waals surface area contributed by atoms with E-state index in [1.807, 2.05) is 18.2 Å². The van der Waals surface area contributed by atoms with Crippen LogP contribution in [0.15, 0.2) is 30.5 Å². The van der Waals surface area contributed by atoms with E-state index in [1.165, 1.54) is 0 Å². The number of nitrogen functional groups attached to an aromatic ring is 1. The highest BCUT2D eigenvalue weighted by Gasteiger charge is 2.03. The van der Waals surface area contributed by atoms with Crippen molar-refractivity contribution in [2.75, 3.05) is 5.73 Å². The van der Waals surface area contributed by atoms with Gasteiger partial charge in [0.05, 0.1) is 24.2 Å². The second kappa shape index (κ2) is 3.47. The van der Waals surface area contributed by atoms with Gasteiger partial charge in [0.2, 0.25) is 0 Å². The van der Waals surface area contributed by atoms with Crippen molar-refractivity contribution in [3.8, 4) is 5.69 Å². The lowest BCUT2D eigenvalue weighted by molar-refractivity contribution is 0.276. The summed E-state index contributed by atoms with van der Waals surface area (Å²) in [5, 5.41) is 16.4. The van der Waals surface area contributed by atoms with Gasteiger partial charge in [0, 0.05) is 0 Å². The Kier molecular flexibility index (Phi) is 2.16. The number of aliphatic hydroxyl groups is 1. The van der Waals surface area contributed by atoms with Gasteiger partial charge in [0.15, 0.2) is 0 Å². The Balaban J connectivity index is 2.44. The lowest BCUT2D eigenvalue weighted by atomic mass is 10.3. The molecule has 0 fully saturated rings. The maximum Gasteiger partial charge on any atom is 0.109 e. The molecule has 0 spiro atoms. The van der Waals surface area contributed by atoms with E-state index in [0.29, 0.717) is 11.4 Å². The molecule has 0 atom stereocenters. The third kappa shape index (κ3) is 1.45. The number of hydrogen-bond acceptors (Lipinski definition) is 4. The quantitative estimate of drug-likeness (QED) is 0.669. The van der Waals surface area contributed by atoms with Gasteiger partial charge in [-0.05, 0) is 12.1 Å². The standard InChI is InChI=1S/C9H10N4O/c10-8-3-1-2-4-9(8)13-5-7(6-14)11-12-13/h1-5,14H,6,10H2. The Morgan fingerprint density at radius 3 is 2.79 bits per heavy atom. The molecule has 0 aliphatic heterocycles. The monoisotopic (exact) mass is 190 g/mol. The minimum Gasteiger partial charge on any atom is -0.397 e. The molecule has 0 aliphatic rings. The van der Waals surface area contributed by atoms with Gasteiger partial charge >= 0.3 is 0 Å². The number of rotatable bonds is 2. The minimum atomic E-state index is -0.118. The number of para-hydroxylation sites is 2. The van der Waals surface area contributed by atoms with E-state index in [2.05, 4.69) is 10.3 Å². The van der Waals surface area contributed by atoms with Crippen LogP contribution in [0.25, 0.3) is 5.69 Å². The van der Waals surface area contributed by atoms with Crippen LogP contribution < -0.4 is 5.73 Å². The average molecular weight is 190 g/mol. The van der Waals surface area contributed by atoms with E-state index >= 15 is 0 Å². The summed E-state index contributed by atoms with van der Waals surface area (Å²) in [4.78, 5) is 0. The number of aliphatic hydroxyl groups excluding tert-OH is 1. The summed E-state index contributed by atoms with van der Waals surface area (Å²) >= 11 is 0. The molecule has 0 amide bonds. The molecule has 2 aromatic rings. The molecule has 14 heavy (non-hydrogen) atoms. The van der Waals surface area contributed by atoms with Crippen molar-refractivity contribution in [2.45, 2.75) is 6.61 Å². The first kappa shape index (κ1) is 8.71. The van der Waals surface area contributed by atoms with Crippen LogP contribution >= 0.6 is 0 Å². The SMILES string of the molecule is Nc1ccccc1-n1cc(CO)nn1. The van der Waals surface area contributed by atoms with E-state index in [9.17, 15) is 0 Å². The van der Waals surface area contributed by atoms with Crippen LogP contribution in [0.5, 0.6) is 0 Å². The van der Waals surface area contributed by atoms with Crippen LogP contribution in [0.2, 0.25) is 0 Å². The molecular weight excluding hydrogens is 180 g/mol. The first-order valence-electron chi connectivity index (χ1n) is 4.18. The fraction of sp³-hybridized carbons (Fsp3) is 0.111. The third-order valence-electron chi connectivity index (χ3n) is 1.89. The van der Waals surface area contributed by atoms with Gasteiger partial charge in [0.25, 0.3) is 0 Å². The molecule has 1 heterocycles. The van der Waals surface area contributed by atoms with Crippen molar-refractivity contribution >= 4 is 5.69 Å². The molecule has 5 heteroatoms. The number of hydrogen-bond donors (Lipinski definition) is 2. The summed E-state index contributed by atoms with van der Waals surface area (Å²) < 4.78 is 1.54. The van der Waals surface area contributed by atoms with Crippen LogP contribution in [0.4, 0.5) is 5.69 Å². The summed E-state index contributed by atoms with van der Waals surface area (Å²) in [6, 6.07) is 7.34. The molecule has 0 aliphatic carbocycles. The van der Waals surface area contributed by atoms with E-state index < -0.39 is 0 Å². The van der Waals surface area contributed by atoms with Crippen molar-refractivity contribution in [3.05, 3.63) is 36.2 Å². The normalized spacial score (nSPS) is 10.4. The molecule has 0 radical (unpaired) electrons. The van der Waals surface area contributed by atoms with Crippen molar-refractivity contribution in [1.82, 2.24) is 15.0 Å². The second-order valence-electron chi connectivity index (χ2n) is 2.87. The molecule has 72 valence electrons. The van der Waals surface area contributed by atoms with E-state index in [0.717, 1.165) is 5.69 Å². The summed E-state index contributed by atoms with van der Waals surface area (Å²) in [6.07, 6.45) is 1.64. The third-order valence-corrected chi connectivity index (χ3v) is 1.89. The van der Waals surface area contributed by atoms with Gasteiger partial charge in [-0.15, -0.1) is 5.10 Å². The zero-order valence-corrected chi connectivity index (χ0v) is 7.46. The van der Waals surface area contributed by atoms with Crippen LogP contribution in [0.1, 0.15) is 5.69 Å². The van der Waals surface area contributed by atoms with Crippen molar-refractivity contribution < 1.29 is 5.11 Å². The number of aromatic nitrogens is 3. The zero-order chi connectivity index (χ0) is 9.97. The summed E-state index contributed by atoms with van der Waals surface area (Å²) in [5.41, 5.74) is 7.66. The summed E-state index contributed by atoms with van der Waals surface area (Å²) in [7, 11) is 0. The maximum absolute atomic E-state index is 8.82. The van der Waals surface area contributed by atoms with E-state index in [-0.39, 0.29) is 6.61 Å². The van der Waals surface area contributed by atoms with Crippen LogP contribution in [0.3, 0.4) is 0 Å². The van der Waals surface area contributed by atoms with Crippen molar-refractivity contribution in [2.24, 2.45) is 0 Å². The molecule has 1 aromatic heterocycles. The van der Waals surface area contributed by atoms with Crippen LogP contribution in [0, 0.1) is 0 Å². The first-order chi connectivity index (χ1) is 6.81. The highest BCUT2D eigenvalue weighted by atomic mass is 16.3. The maximum atomic E-state index is 8.82. The Morgan fingerprint density at radius 1 is 1.36 bits per heavy atom. The van der Waals surface area contributed by atoms with Gasteiger partial charge in [-0.1, -0.05) is 17.3 Å². The molecule has 0 bridgehead atoms. The van der Waals surface area contributed by atoms with Gasteiger partial charge in [-0.2, -0.15) is 0 Å². The molecule has 3 N–H and O–H groups in total. The fourth-order valence-corrected chi connectivity index (χ4v) is 1.18.